The van der Waals surface area contributed by atoms with Gasteiger partial charge in [0.1, 0.15) is 5.75 Å². The fraction of sp³-hybridized carbons (Fsp3) is 0.227. The summed E-state index contributed by atoms with van der Waals surface area (Å²) < 4.78 is 5.41. The lowest BCUT2D eigenvalue weighted by Gasteiger charge is -2.15. The van der Waals surface area contributed by atoms with Crippen molar-refractivity contribution in [1.29, 1.82) is 0 Å². The van der Waals surface area contributed by atoms with E-state index in [1.807, 2.05) is 42.5 Å². The minimum absolute atomic E-state index is 0.155. The highest BCUT2D eigenvalue weighted by atomic mass is 16.5. The molecule has 0 spiro atoms. The summed E-state index contributed by atoms with van der Waals surface area (Å²) in [5, 5.41) is 0. The van der Waals surface area contributed by atoms with Gasteiger partial charge in [0.15, 0.2) is 0 Å². The zero-order chi connectivity index (χ0) is 18.8. The van der Waals surface area contributed by atoms with E-state index < -0.39 is 5.97 Å². The molecule has 2 aromatic rings. The summed E-state index contributed by atoms with van der Waals surface area (Å²) in [6, 6.07) is 15.9. The lowest BCUT2D eigenvalue weighted by molar-refractivity contribution is -0.133. The summed E-state index contributed by atoms with van der Waals surface area (Å²) in [4.78, 5) is 38.8. The normalized spacial score (nSPS) is 21.3. The largest absolute Gasteiger partial charge is 0.426 e. The van der Waals surface area contributed by atoms with Gasteiger partial charge in [-0.25, -0.2) is 4.90 Å². The molecule has 0 bridgehead atoms. The van der Waals surface area contributed by atoms with E-state index in [-0.39, 0.29) is 30.1 Å². The predicted octanol–water partition coefficient (Wildman–Crippen LogP) is 3.29. The Morgan fingerprint density at radius 2 is 1.59 bits per heavy atom. The molecule has 0 N–H and O–H groups in total. The van der Waals surface area contributed by atoms with E-state index in [1.54, 1.807) is 24.3 Å². The van der Waals surface area contributed by atoms with Crippen LogP contribution in [0.15, 0.2) is 66.7 Å². The Morgan fingerprint density at radius 3 is 2.26 bits per heavy atom. The maximum atomic E-state index is 12.7. The van der Waals surface area contributed by atoms with Crippen LogP contribution in [-0.4, -0.2) is 17.8 Å². The van der Waals surface area contributed by atoms with Crippen LogP contribution >= 0.6 is 0 Å². The molecular formula is C22H19NO4. The topological polar surface area (TPSA) is 63.7 Å². The molecule has 4 rings (SSSR count). The Bertz CT molecular complexity index is 893. The van der Waals surface area contributed by atoms with Crippen molar-refractivity contribution in [2.24, 2.45) is 11.8 Å². The van der Waals surface area contributed by atoms with Crippen molar-refractivity contribution in [1.82, 2.24) is 0 Å². The number of imide groups is 1. The Hall–Kier alpha value is -3.21. The molecule has 2 amide bonds. The number of nitrogens with zero attached hydrogens (tertiary/aromatic N) is 1. The fourth-order valence-corrected chi connectivity index (χ4v) is 3.67. The summed E-state index contributed by atoms with van der Waals surface area (Å²) in [6.07, 6.45) is 5.26. The molecular weight excluding hydrogens is 342 g/mol. The van der Waals surface area contributed by atoms with Crippen LogP contribution in [0.5, 0.6) is 5.75 Å². The van der Waals surface area contributed by atoms with Gasteiger partial charge in [0.25, 0.3) is 0 Å². The van der Waals surface area contributed by atoms with Gasteiger partial charge in [0.2, 0.25) is 11.8 Å². The molecule has 0 aromatic heterocycles. The first kappa shape index (κ1) is 17.2. The number of esters is 1. The second kappa shape index (κ2) is 7.19. The molecule has 0 saturated carbocycles. The van der Waals surface area contributed by atoms with Crippen molar-refractivity contribution >= 4 is 23.5 Å². The number of ether oxygens (including phenoxy) is 1. The summed E-state index contributed by atoms with van der Waals surface area (Å²) >= 11 is 0. The third kappa shape index (κ3) is 3.40. The second-order valence-electron chi connectivity index (χ2n) is 6.80. The first-order valence-corrected chi connectivity index (χ1v) is 9.01. The van der Waals surface area contributed by atoms with Gasteiger partial charge in [-0.15, -0.1) is 0 Å². The van der Waals surface area contributed by atoms with Gasteiger partial charge in [0.05, 0.1) is 23.9 Å². The number of hydrogen-bond acceptors (Lipinski definition) is 4. The third-order valence-electron chi connectivity index (χ3n) is 5.01. The molecule has 27 heavy (non-hydrogen) atoms. The Labute approximate surface area is 157 Å². The van der Waals surface area contributed by atoms with Gasteiger partial charge in [0, 0.05) is 6.07 Å². The van der Waals surface area contributed by atoms with Gasteiger partial charge in [-0.2, -0.15) is 0 Å². The van der Waals surface area contributed by atoms with E-state index in [2.05, 4.69) is 0 Å². The van der Waals surface area contributed by atoms with Crippen molar-refractivity contribution in [3.63, 3.8) is 0 Å². The Morgan fingerprint density at radius 1 is 0.926 bits per heavy atom. The lowest BCUT2D eigenvalue weighted by Crippen LogP contribution is -2.30. The lowest BCUT2D eigenvalue weighted by atomic mass is 9.85. The van der Waals surface area contributed by atoms with Crippen LogP contribution in [0.25, 0.3) is 0 Å². The van der Waals surface area contributed by atoms with E-state index in [1.165, 1.54) is 4.90 Å². The van der Waals surface area contributed by atoms with Crippen molar-refractivity contribution in [3.8, 4) is 5.75 Å². The van der Waals surface area contributed by atoms with Crippen LogP contribution in [0.3, 0.4) is 0 Å². The minimum atomic E-state index is -0.393. The molecule has 1 fully saturated rings. The van der Waals surface area contributed by atoms with Gasteiger partial charge < -0.3 is 4.74 Å². The highest BCUT2D eigenvalue weighted by molar-refractivity contribution is 6.22. The molecule has 1 heterocycles. The van der Waals surface area contributed by atoms with Crippen LogP contribution in [0.1, 0.15) is 18.4 Å². The van der Waals surface area contributed by atoms with E-state index in [0.29, 0.717) is 24.3 Å². The van der Waals surface area contributed by atoms with E-state index in [0.717, 1.165) is 5.56 Å². The molecule has 0 unspecified atom stereocenters. The monoisotopic (exact) mass is 361 g/mol. The number of fused-ring (bicyclic) bond motifs is 1. The van der Waals surface area contributed by atoms with Crippen molar-refractivity contribution in [2.45, 2.75) is 19.3 Å². The van der Waals surface area contributed by atoms with Crippen LogP contribution in [0.4, 0.5) is 5.69 Å². The van der Waals surface area contributed by atoms with E-state index in [4.69, 9.17) is 4.74 Å². The number of benzene rings is 2. The average molecular weight is 361 g/mol. The summed E-state index contributed by atoms with van der Waals surface area (Å²) in [5.41, 5.74) is 1.31. The molecule has 5 nitrogen and oxygen atoms in total. The van der Waals surface area contributed by atoms with Crippen LogP contribution in [-0.2, 0) is 20.8 Å². The van der Waals surface area contributed by atoms with Gasteiger partial charge in [-0.3, -0.25) is 14.4 Å². The zero-order valence-electron chi connectivity index (χ0n) is 14.7. The van der Waals surface area contributed by atoms with E-state index in [9.17, 15) is 14.4 Å². The number of carbonyl (C=O) groups excluding carboxylic acids is 3. The molecule has 1 aliphatic heterocycles. The molecule has 0 radical (unpaired) electrons. The highest BCUT2D eigenvalue weighted by Gasteiger charge is 2.47. The van der Waals surface area contributed by atoms with Gasteiger partial charge in [-0.1, -0.05) is 48.6 Å². The van der Waals surface area contributed by atoms with Crippen LogP contribution in [0.2, 0.25) is 0 Å². The smallest absolute Gasteiger partial charge is 0.315 e. The van der Waals surface area contributed by atoms with E-state index >= 15 is 0 Å². The minimum Gasteiger partial charge on any atom is -0.426 e. The Kier molecular flexibility index (Phi) is 4.59. The quantitative estimate of drug-likeness (QED) is 0.363. The molecule has 1 saturated heterocycles. The number of allylic oxidation sites excluding steroid dienone is 2. The first-order chi connectivity index (χ1) is 13.1. The number of amides is 2. The molecule has 2 aromatic carbocycles. The first-order valence-electron chi connectivity index (χ1n) is 9.01. The predicted molar refractivity (Wildman–Crippen MR) is 100 cm³/mol. The Balaban J connectivity index is 1.50. The van der Waals surface area contributed by atoms with Crippen LogP contribution < -0.4 is 9.64 Å². The molecule has 5 heteroatoms. The summed E-state index contributed by atoms with van der Waals surface area (Å²) in [7, 11) is 0. The maximum absolute atomic E-state index is 12.7. The van der Waals surface area contributed by atoms with Crippen molar-refractivity contribution in [3.05, 3.63) is 72.3 Å². The number of rotatable bonds is 4. The highest BCUT2D eigenvalue weighted by Crippen LogP contribution is 2.38. The number of hydrogen-bond donors (Lipinski definition) is 0. The molecule has 136 valence electrons. The van der Waals surface area contributed by atoms with Gasteiger partial charge >= 0.3 is 5.97 Å². The zero-order valence-corrected chi connectivity index (χ0v) is 14.7. The standard InChI is InChI=1S/C22H19NO4/c24-20(13-15-7-2-1-3-8-15)27-17-10-6-9-16(14-17)23-21(25)18-11-4-5-12-19(18)22(23)26/h1-10,14,18-19H,11-13H2/t18-,19-/m1/s1. The third-order valence-corrected chi connectivity index (χ3v) is 5.01. The summed E-state index contributed by atoms with van der Waals surface area (Å²) in [6.45, 7) is 0. The number of carbonyl (C=O) groups is 3. The summed E-state index contributed by atoms with van der Waals surface area (Å²) in [5.74, 6) is -1.000. The van der Waals surface area contributed by atoms with Crippen LogP contribution in [0, 0.1) is 11.8 Å². The second-order valence-corrected chi connectivity index (χ2v) is 6.80. The maximum Gasteiger partial charge on any atom is 0.315 e. The fourth-order valence-electron chi connectivity index (χ4n) is 3.67. The van der Waals surface area contributed by atoms with Gasteiger partial charge in [-0.05, 0) is 30.5 Å². The SMILES string of the molecule is O=C(Cc1ccccc1)Oc1cccc(N2C(=O)[C@@H]3CC=CC[C@H]3C2=O)c1. The molecule has 2 atom stereocenters. The van der Waals surface area contributed by atoms with Crippen molar-refractivity contribution < 1.29 is 19.1 Å². The average Bonchev–Trinajstić information content (AvgIpc) is 2.94. The molecule has 1 aliphatic carbocycles. The number of anilines is 1. The molecule has 2 aliphatic rings. The van der Waals surface area contributed by atoms with Crippen molar-refractivity contribution in [2.75, 3.05) is 4.90 Å².